The molecule has 200 valence electrons. The fourth-order valence-corrected chi connectivity index (χ4v) is 5.38. The smallest absolute Gasteiger partial charge is 0.407 e. The van der Waals surface area contributed by atoms with Gasteiger partial charge in [0.1, 0.15) is 17.5 Å². The number of benzene rings is 2. The maximum absolute atomic E-state index is 11.8. The van der Waals surface area contributed by atoms with Crippen LogP contribution in [-0.2, 0) is 9.47 Å². The number of para-hydroxylation sites is 2. The minimum Gasteiger partial charge on any atom is -0.444 e. The Morgan fingerprint density at radius 3 is 2.70 bits per heavy atom. The van der Waals surface area contributed by atoms with Gasteiger partial charge in [-0.3, -0.25) is 0 Å². The Labute approximate surface area is 224 Å². The van der Waals surface area contributed by atoms with Gasteiger partial charge in [-0.25, -0.2) is 9.78 Å². The van der Waals surface area contributed by atoms with E-state index in [2.05, 4.69) is 52.6 Å². The lowest BCUT2D eigenvalue weighted by Crippen LogP contribution is -2.35. The van der Waals surface area contributed by atoms with Crippen LogP contribution in [0.1, 0.15) is 63.9 Å². The van der Waals surface area contributed by atoms with Crippen LogP contribution in [0.15, 0.2) is 53.4 Å². The largest absolute Gasteiger partial charge is 0.444 e. The van der Waals surface area contributed by atoms with Crippen molar-refractivity contribution in [2.45, 2.75) is 69.2 Å². The van der Waals surface area contributed by atoms with Crippen LogP contribution < -0.4 is 5.32 Å². The molecule has 3 aromatic rings. The number of hydrogen-bond donors (Lipinski definition) is 2. The summed E-state index contributed by atoms with van der Waals surface area (Å²) in [5, 5.41) is 2.83. The average molecular weight is 525 g/mol. The van der Waals surface area contributed by atoms with Crippen molar-refractivity contribution in [3.05, 3.63) is 59.9 Å². The van der Waals surface area contributed by atoms with Crippen LogP contribution in [0.3, 0.4) is 0 Å². The number of nitrogens with one attached hydrogen (secondary N) is 2. The zero-order chi connectivity index (χ0) is 26.3. The van der Waals surface area contributed by atoms with Crippen molar-refractivity contribution < 1.29 is 14.3 Å². The van der Waals surface area contributed by atoms with E-state index in [1.54, 1.807) is 0 Å². The summed E-state index contributed by atoms with van der Waals surface area (Å²) in [5.74, 6) is 1.83. The fraction of sp³-hybridized carbons (Fsp3) is 0.517. The molecule has 2 aromatic carbocycles. The van der Waals surface area contributed by atoms with E-state index in [0.29, 0.717) is 6.54 Å². The van der Waals surface area contributed by atoms with Gasteiger partial charge in [0.15, 0.2) is 0 Å². The lowest BCUT2D eigenvalue weighted by molar-refractivity contribution is -0.0264. The number of carbonyl (C=O) groups excluding carboxylic acids is 1. The number of thioether (sulfide) groups is 1. The molecule has 1 amide bonds. The maximum atomic E-state index is 11.8. The zero-order valence-electron chi connectivity index (χ0n) is 22.5. The number of rotatable bonds is 10. The highest BCUT2D eigenvalue weighted by Crippen LogP contribution is 2.32. The molecule has 1 fully saturated rings. The van der Waals surface area contributed by atoms with E-state index in [9.17, 15) is 4.79 Å². The van der Waals surface area contributed by atoms with Crippen molar-refractivity contribution in [2.24, 2.45) is 0 Å². The number of unbranched alkanes of at least 4 members (excludes halogenated alkanes) is 1. The van der Waals surface area contributed by atoms with E-state index >= 15 is 0 Å². The van der Waals surface area contributed by atoms with Gasteiger partial charge >= 0.3 is 6.09 Å². The second kappa shape index (κ2) is 12.8. The number of likely N-dealkylation sites (tertiary alicyclic amines) is 1. The number of amides is 1. The molecule has 0 radical (unpaired) electrons. The number of aromatic nitrogens is 2. The summed E-state index contributed by atoms with van der Waals surface area (Å²) in [6, 6.07) is 16.8. The Hall–Kier alpha value is -2.55. The van der Waals surface area contributed by atoms with Crippen LogP contribution in [-0.4, -0.2) is 65.1 Å². The first-order valence-electron chi connectivity index (χ1n) is 13.2. The SMILES string of the molecule is CN1CCC(OC(c2cccc(SCCCCNC(=O)OC(C)(C)C)c2)c2nc3ccccc3[nH]2)CC1. The van der Waals surface area contributed by atoms with Gasteiger partial charge in [0.05, 0.1) is 17.1 Å². The number of nitrogens with zero attached hydrogens (tertiary/aromatic N) is 2. The lowest BCUT2D eigenvalue weighted by Gasteiger charge is -2.31. The molecule has 1 atom stereocenters. The van der Waals surface area contributed by atoms with Gasteiger partial charge in [-0.15, -0.1) is 11.8 Å². The molecular formula is C29H40N4O3S. The molecule has 2 N–H and O–H groups in total. The van der Waals surface area contributed by atoms with E-state index in [1.807, 2.05) is 50.7 Å². The third kappa shape index (κ3) is 8.48. The Kier molecular flexibility index (Phi) is 9.51. The molecule has 1 aliphatic heterocycles. The van der Waals surface area contributed by atoms with Gasteiger partial charge in [0.2, 0.25) is 0 Å². The van der Waals surface area contributed by atoms with Gasteiger partial charge in [-0.2, -0.15) is 0 Å². The van der Waals surface area contributed by atoms with Gasteiger partial charge in [0.25, 0.3) is 0 Å². The molecule has 1 aliphatic rings. The van der Waals surface area contributed by atoms with E-state index in [-0.39, 0.29) is 18.3 Å². The van der Waals surface area contributed by atoms with Crippen molar-refractivity contribution in [3.63, 3.8) is 0 Å². The summed E-state index contributed by atoms with van der Waals surface area (Å²) >= 11 is 1.83. The minimum absolute atomic E-state index is 0.211. The molecule has 0 spiro atoms. The topological polar surface area (TPSA) is 79.5 Å². The Bertz CT molecular complexity index is 1120. The fourth-order valence-electron chi connectivity index (χ4n) is 4.40. The quantitative estimate of drug-likeness (QED) is 0.244. The van der Waals surface area contributed by atoms with Gasteiger partial charge in [0, 0.05) is 24.5 Å². The molecule has 1 saturated heterocycles. The summed E-state index contributed by atoms with van der Waals surface area (Å²) in [7, 11) is 2.17. The number of H-pyrrole nitrogens is 1. The Morgan fingerprint density at radius 2 is 1.95 bits per heavy atom. The highest BCUT2D eigenvalue weighted by molar-refractivity contribution is 7.99. The lowest BCUT2D eigenvalue weighted by atomic mass is 10.1. The average Bonchev–Trinajstić information content (AvgIpc) is 3.29. The molecule has 1 aromatic heterocycles. The number of carbonyl (C=O) groups is 1. The predicted octanol–water partition coefficient (Wildman–Crippen LogP) is 6.16. The van der Waals surface area contributed by atoms with Crippen LogP contribution in [0.25, 0.3) is 11.0 Å². The monoisotopic (exact) mass is 524 g/mol. The summed E-state index contributed by atoms with van der Waals surface area (Å²) in [6.07, 6.45) is 3.59. The standard InChI is InChI=1S/C29H40N4O3S/c1-29(2,3)36-28(34)30-16-7-8-19-37-23-11-9-10-21(20-23)26(35-22-14-17-33(4)18-15-22)27-31-24-12-5-6-13-25(24)32-27/h5-6,9-13,20,22,26H,7-8,14-19H2,1-4H3,(H,30,34)(H,31,32). The summed E-state index contributed by atoms with van der Waals surface area (Å²) in [4.78, 5) is 23.8. The normalized spacial score (nSPS) is 16.1. The van der Waals surface area contributed by atoms with Gasteiger partial charge in [-0.1, -0.05) is 24.3 Å². The molecule has 0 bridgehead atoms. The molecule has 8 heteroatoms. The number of aromatic amines is 1. The van der Waals surface area contributed by atoms with Crippen molar-refractivity contribution >= 4 is 28.9 Å². The first-order chi connectivity index (χ1) is 17.8. The molecule has 7 nitrogen and oxygen atoms in total. The molecular weight excluding hydrogens is 484 g/mol. The van der Waals surface area contributed by atoms with Gasteiger partial charge < -0.3 is 24.7 Å². The second-order valence-corrected chi connectivity index (χ2v) is 11.9. The number of alkyl carbamates (subject to hydrolysis) is 1. The maximum Gasteiger partial charge on any atom is 0.407 e. The van der Waals surface area contributed by atoms with Crippen LogP contribution >= 0.6 is 11.8 Å². The Morgan fingerprint density at radius 1 is 1.16 bits per heavy atom. The zero-order valence-corrected chi connectivity index (χ0v) is 23.3. The first kappa shape index (κ1) is 27.5. The number of ether oxygens (including phenoxy) is 2. The van der Waals surface area contributed by atoms with Crippen molar-refractivity contribution in [1.29, 1.82) is 0 Å². The van der Waals surface area contributed by atoms with Gasteiger partial charge in [-0.05, 0) is 89.1 Å². The van der Waals surface area contributed by atoms with Crippen LogP contribution in [0.5, 0.6) is 0 Å². The molecule has 0 saturated carbocycles. The van der Waals surface area contributed by atoms with E-state index in [1.165, 1.54) is 4.90 Å². The third-order valence-corrected chi connectivity index (χ3v) is 7.40. The molecule has 37 heavy (non-hydrogen) atoms. The van der Waals surface area contributed by atoms with Crippen molar-refractivity contribution in [1.82, 2.24) is 20.2 Å². The molecule has 4 rings (SSSR count). The molecule has 2 heterocycles. The molecule has 1 unspecified atom stereocenters. The Balaban J connectivity index is 1.37. The number of imidazole rings is 1. The predicted molar refractivity (Wildman–Crippen MR) is 150 cm³/mol. The first-order valence-corrected chi connectivity index (χ1v) is 14.2. The number of hydrogen-bond acceptors (Lipinski definition) is 6. The summed E-state index contributed by atoms with van der Waals surface area (Å²) < 4.78 is 12.0. The van der Waals surface area contributed by atoms with Crippen LogP contribution in [0, 0.1) is 0 Å². The van der Waals surface area contributed by atoms with E-state index in [0.717, 1.165) is 66.9 Å². The second-order valence-electron chi connectivity index (χ2n) is 10.7. The highest BCUT2D eigenvalue weighted by atomic mass is 32.2. The van der Waals surface area contributed by atoms with Crippen molar-refractivity contribution in [3.8, 4) is 0 Å². The van der Waals surface area contributed by atoms with Crippen molar-refractivity contribution in [2.75, 3.05) is 32.4 Å². The van der Waals surface area contributed by atoms with E-state index in [4.69, 9.17) is 14.5 Å². The third-order valence-electron chi connectivity index (χ3n) is 6.32. The van der Waals surface area contributed by atoms with Crippen LogP contribution in [0.4, 0.5) is 4.79 Å². The summed E-state index contributed by atoms with van der Waals surface area (Å²) in [5.41, 5.74) is 2.64. The number of fused-ring (bicyclic) bond motifs is 1. The molecule has 0 aliphatic carbocycles. The number of piperidine rings is 1. The van der Waals surface area contributed by atoms with Crippen LogP contribution in [0.2, 0.25) is 0 Å². The summed E-state index contributed by atoms with van der Waals surface area (Å²) in [6.45, 7) is 8.33. The highest BCUT2D eigenvalue weighted by Gasteiger charge is 2.26. The van der Waals surface area contributed by atoms with E-state index < -0.39 is 5.60 Å². The minimum atomic E-state index is -0.470.